The topological polar surface area (TPSA) is 44.5 Å². The molecule has 0 heterocycles. The van der Waals surface area contributed by atoms with Crippen LogP contribution in [0.1, 0.15) is 13.8 Å². The van der Waals surface area contributed by atoms with Gasteiger partial charge in [-0.1, -0.05) is 29.3 Å². The van der Waals surface area contributed by atoms with Crippen LogP contribution < -0.4 is 15.2 Å². The summed E-state index contributed by atoms with van der Waals surface area (Å²) in [5.41, 5.74) is 6.48. The highest BCUT2D eigenvalue weighted by molar-refractivity contribution is 9.10. The Morgan fingerprint density at radius 3 is 2.38 bits per heavy atom. The van der Waals surface area contributed by atoms with E-state index in [1.54, 1.807) is 30.3 Å². The summed E-state index contributed by atoms with van der Waals surface area (Å²) < 4.78 is 12.1. The zero-order valence-corrected chi connectivity index (χ0v) is 14.6. The van der Waals surface area contributed by atoms with E-state index in [-0.39, 0.29) is 6.10 Å². The lowest BCUT2D eigenvalue weighted by molar-refractivity contribution is 0.243. The summed E-state index contributed by atoms with van der Waals surface area (Å²) in [5.74, 6) is 1.47. The van der Waals surface area contributed by atoms with Gasteiger partial charge in [-0.3, -0.25) is 0 Å². The molecule has 0 saturated heterocycles. The Hall–Kier alpha value is -1.10. The van der Waals surface area contributed by atoms with Crippen LogP contribution >= 0.6 is 39.1 Å². The van der Waals surface area contributed by atoms with Gasteiger partial charge in [0.05, 0.1) is 16.1 Å². The van der Waals surface area contributed by atoms with E-state index in [0.29, 0.717) is 37.5 Å². The van der Waals surface area contributed by atoms with E-state index in [4.69, 9.17) is 38.4 Å². The van der Waals surface area contributed by atoms with E-state index in [2.05, 4.69) is 15.9 Å². The van der Waals surface area contributed by atoms with Crippen LogP contribution in [0.15, 0.2) is 34.8 Å². The van der Waals surface area contributed by atoms with Gasteiger partial charge in [0.15, 0.2) is 5.75 Å². The van der Waals surface area contributed by atoms with Crippen LogP contribution in [0.3, 0.4) is 0 Å². The van der Waals surface area contributed by atoms with E-state index in [0.717, 1.165) is 0 Å². The van der Waals surface area contributed by atoms with Gasteiger partial charge < -0.3 is 15.2 Å². The highest BCUT2D eigenvalue weighted by atomic mass is 79.9. The number of para-hydroxylation sites is 1. The smallest absolute Gasteiger partial charge is 0.154 e. The molecule has 0 radical (unpaired) electrons. The van der Waals surface area contributed by atoms with Gasteiger partial charge in [-0.25, -0.2) is 0 Å². The highest BCUT2D eigenvalue weighted by Crippen LogP contribution is 2.40. The van der Waals surface area contributed by atoms with Crippen molar-refractivity contribution in [3.05, 3.63) is 44.8 Å². The van der Waals surface area contributed by atoms with Gasteiger partial charge in [0, 0.05) is 10.5 Å². The molecular weight excluding hydrogens is 377 g/mol. The molecule has 0 bridgehead atoms. The molecule has 0 saturated carbocycles. The number of ether oxygens (including phenoxy) is 2. The molecule has 6 heteroatoms. The summed E-state index contributed by atoms with van der Waals surface area (Å²) in [6, 6.07) is 8.64. The fourth-order valence-electron chi connectivity index (χ4n) is 1.67. The molecule has 3 nitrogen and oxygen atoms in total. The third kappa shape index (κ3) is 3.96. The van der Waals surface area contributed by atoms with Crippen molar-refractivity contribution in [2.24, 2.45) is 0 Å². The lowest BCUT2D eigenvalue weighted by atomic mass is 10.2. The first-order chi connectivity index (χ1) is 9.88. The maximum absolute atomic E-state index is 6.14. The third-order valence-corrected chi connectivity index (χ3v) is 4.08. The van der Waals surface area contributed by atoms with Crippen LogP contribution in [-0.4, -0.2) is 6.10 Å². The summed E-state index contributed by atoms with van der Waals surface area (Å²) in [6.07, 6.45) is 0.0215. The van der Waals surface area contributed by atoms with Crippen molar-refractivity contribution in [2.75, 3.05) is 5.73 Å². The van der Waals surface area contributed by atoms with Crippen LogP contribution in [0.2, 0.25) is 10.0 Å². The number of benzene rings is 2. The van der Waals surface area contributed by atoms with Gasteiger partial charge in [0.1, 0.15) is 17.2 Å². The quantitative estimate of drug-likeness (QED) is 0.520. The summed E-state index contributed by atoms with van der Waals surface area (Å²) in [7, 11) is 0. The summed E-state index contributed by atoms with van der Waals surface area (Å²) in [6.45, 7) is 3.86. The second kappa shape index (κ2) is 6.77. The van der Waals surface area contributed by atoms with Crippen LogP contribution in [0, 0.1) is 0 Å². The molecule has 0 amide bonds. The Kier molecular flexibility index (Phi) is 5.25. The minimum absolute atomic E-state index is 0.0215. The predicted molar refractivity (Wildman–Crippen MR) is 90.9 cm³/mol. The van der Waals surface area contributed by atoms with Crippen molar-refractivity contribution in [3.63, 3.8) is 0 Å². The second-order valence-electron chi connectivity index (χ2n) is 4.63. The Morgan fingerprint density at radius 1 is 1.05 bits per heavy atom. The lowest BCUT2D eigenvalue weighted by Crippen LogP contribution is -2.07. The number of nitrogens with two attached hydrogens (primary N) is 1. The summed E-state index contributed by atoms with van der Waals surface area (Å²) in [4.78, 5) is 0. The molecular formula is C15H14BrCl2NO2. The molecule has 0 aliphatic heterocycles. The number of halogens is 3. The number of hydrogen-bond donors (Lipinski definition) is 1. The molecule has 0 aliphatic rings. The molecule has 0 aliphatic carbocycles. The van der Waals surface area contributed by atoms with E-state index >= 15 is 0 Å². The second-order valence-corrected chi connectivity index (χ2v) is 6.30. The molecule has 0 spiro atoms. The van der Waals surface area contributed by atoms with E-state index in [1.807, 2.05) is 13.8 Å². The molecule has 2 aromatic carbocycles. The molecule has 0 fully saturated rings. The van der Waals surface area contributed by atoms with Crippen molar-refractivity contribution < 1.29 is 9.47 Å². The Bertz CT molecular complexity index is 662. The number of hydrogen-bond acceptors (Lipinski definition) is 3. The van der Waals surface area contributed by atoms with Gasteiger partial charge in [-0.15, -0.1) is 0 Å². The van der Waals surface area contributed by atoms with Crippen LogP contribution in [-0.2, 0) is 0 Å². The third-order valence-electron chi connectivity index (χ3n) is 2.58. The average Bonchev–Trinajstić information content (AvgIpc) is 2.40. The molecule has 2 aromatic rings. The van der Waals surface area contributed by atoms with Gasteiger partial charge in [0.25, 0.3) is 0 Å². The first kappa shape index (κ1) is 16.3. The van der Waals surface area contributed by atoms with Gasteiger partial charge in [-0.2, -0.15) is 0 Å². The van der Waals surface area contributed by atoms with Crippen LogP contribution in [0.25, 0.3) is 0 Å². The zero-order valence-electron chi connectivity index (χ0n) is 11.5. The first-order valence-electron chi connectivity index (χ1n) is 6.26. The normalized spacial score (nSPS) is 10.8. The molecule has 0 unspecified atom stereocenters. The molecule has 2 N–H and O–H groups in total. The molecule has 0 atom stereocenters. The van der Waals surface area contributed by atoms with Crippen molar-refractivity contribution >= 4 is 44.8 Å². The zero-order chi connectivity index (χ0) is 15.6. The minimum atomic E-state index is 0.0215. The standard InChI is InChI=1S/C15H14BrCl2NO2/c1-8(2)20-12-4-3-5-13(15(12)19)21-14-7-10(17)9(16)6-11(14)18/h3-8H,19H2,1-2H3. The number of nitrogen functional groups attached to an aromatic ring is 1. The fraction of sp³-hybridized carbons (Fsp3) is 0.200. The maximum atomic E-state index is 6.14. The number of anilines is 1. The minimum Gasteiger partial charge on any atom is -0.489 e. The highest BCUT2D eigenvalue weighted by Gasteiger charge is 2.13. The Balaban J connectivity index is 2.34. The maximum Gasteiger partial charge on any atom is 0.154 e. The van der Waals surface area contributed by atoms with E-state index in [1.165, 1.54) is 0 Å². The summed E-state index contributed by atoms with van der Waals surface area (Å²) >= 11 is 15.5. The largest absolute Gasteiger partial charge is 0.489 e. The van der Waals surface area contributed by atoms with Gasteiger partial charge >= 0.3 is 0 Å². The van der Waals surface area contributed by atoms with Crippen molar-refractivity contribution in [1.29, 1.82) is 0 Å². The van der Waals surface area contributed by atoms with Crippen molar-refractivity contribution in [1.82, 2.24) is 0 Å². The van der Waals surface area contributed by atoms with E-state index in [9.17, 15) is 0 Å². The monoisotopic (exact) mass is 389 g/mol. The predicted octanol–water partition coefficient (Wildman–Crippen LogP) is 5.92. The first-order valence-corrected chi connectivity index (χ1v) is 7.81. The summed E-state index contributed by atoms with van der Waals surface area (Å²) in [5, 5.41) is 0.934. The lowest BCUT2D eigenvalue weighted by Gasteiger charge is -2.15. The number of rotatable bonds is 4. The fourth-order valence-corrected chi connectivity index (χ4v) is 2.50. The molecule has 0 aromatic heterocycles. The van der Waals surface area contributed by atoms with Crippen LogP contribution in [0.4, 0.5) is 5.69 Å². The van der Waals surface area contributed by atoms with E-state index < -0.39 is 0 Å². The Morgan fingerprint density at radius 2 is 1.71 bits per heavy atom. The van der Waals surface area contributed by atoms with Crippen molar-refractivity contribution in [2.45, 2.75) is 20.0 Å². The molecule has 21 heavy (non-hydrogen) atoms. The van der Waals surface area contributed by atoms with Gasteiger partial charge in [0.2, 0.25) is 0 Å². The average molecular weight is 391 g/mol. The molecule has 2 rings (SSSR count). The van der Waals surface area contributed by atoms with Crippen molar-refractivity contribution in [3.8, 4) is 17.2 Å². The van der Waals surface area contributed by atoms with Gasteiger partial charge in [-0.05, 0) is 48.0 Å². The molecule has 112 valence electrons. The SMILES string of the molecule is CC(C)Oc1cccc(Oc2cc(Cl)c(Br)cc2Cl)c1N. The Labute approximate surface area is 142 Å². The van der Waals surface area contributed by atoms with Crippen LogP contribution in [0.5, 0.6) is 17.2 Å².